The van der Waals surface area contributed by atoms with Gasteiger partial charge in [-0.05, 0) is 24.0 Å². The lowest BCUT2D eigenvalue weighted by Gasteiger charge is -2.23. The molecule has 1 saturated heterocycles. The summed E-state index contributed by atoms with van der Waals surface area (Å²) in [5.74, 6) is 0.951. The molecule has 1 aliphatic heterocycles. The van der Waals surface area contributed by atoms with E-state index in [1.54, 1.807) is 0 Å². The normalized spacial score (nSPS) is 17.6. The fraction of sp³-hybridized carbons (Fsp3) is 0.588. The van der Waals surface area contributed by atoms with Gasteiger partial charge in [0.1, 0.15) is 0 Å². The second kappa shape index (κ2) is 6.89. The molecule has 0 spiro atoms. The van der Waals surface area contributed by atoms with E-state index in [0.29, 0.717) is 18.2 Å². The summed E-state index contributed by atoms with van der Waals surface area (Å²) in [5.41, 5.74) is 2.53. The van der Waals surface area contributed by atoms with Crippen LogP contribution in [-0.4, -0.2) is 41.9 Å². The van der Waals surface area contributed by atoms with E-state index in [1.165, 1.54) is 11.1 Å². The minimum atomic E-state index is 0.291. The van der Waals surface area contributed by atoms with E-state index in [4.69, 9.17) is 0 Å². The molecule has 3 nitrogen and oxygen atoms in total. The molecule has 1 aliphatic rings. The summed E-state index contributed by atoms with van der Waals surface area (Å²) in [4.78, 5) is 16.7. The minimum Gasteiger partial charge on any atom is -0.337 e. The molecular weight excluding hydrogens is 248 g/mol. The molecule has 3 heteroatoms. The van der Waals surface area contributed by atoms with Crippen molar-refractivity contribution in [2.24, 2.45) is 5.92 Å². The number of rotatable bonds is 4. The van der Waals surface area contributed by atoms with Gasteiger partial charge >= 0.3 is 0 Å². The average molecular weight is 274 g/mol. The first-order valence-corrected chi connectivity index (χ1v) is 7.61. The quantitative estimate of drug-likeness (QED) is 0.843. The number of benzene rings is 1. The number of carbonyl (C=O) groups excluding carboxylic acids is 1. The molecule has 110 valence electrons. The standard InChI is InChI=1S/C17H26N2O/c1-14(2)12-18-9-8-17(20)19(11-10-18)13-16-7-5-4-6-15(16)3/h4-7,14H,8-13H2,1-3H3. The van der Waals surface area contributed by atoms with Gasteiger partial charge in [0.2, 0.25) is 5.91 Å². The molecule has 0 bridgehead atoms. The first-order chi connectivity index (χ1) is 9.56. The van der Waals surface area contributed by atoms with E-state index in [2.05, 4.69) is 43.9 Å². The summed E-state index contributed by atoms with van der Waals surface area (Å²) < 4.78 is 0. The Balaban J connectivity index is 1.98. The number of hydrogen-bond acceptors (Lipinski definition) is 2. The Morgan fingerprint density at radius 1 is 1.15 bits per heavy atom. The Kier molecular flexibility index (Phi) is 5.18. The lowest BCUT2D eigenvalue weighted by Crippen LogP contribution is -2.34. The topological polar surface area (TPSA) is 23.6 Å². The molecule has 1 amide bonds. The first kappa shape index (κ1) is 15.0. The number of carbonyl (C=O) groups is 1. The van der Waals surface area contributed by atoms with Gasteiger partial charge in [0, 0.05) is 39.1 Å². The van der Waals surface area contributed by atoms with Crippen molar-refractivity contribution in [3.05, 3.63) is 35.4 Å². The zero-order valence-corrected chi connectivity index (χ0v) is 12.9. The summed E-state index contributed by atoms with van der Waals surface area (Å²) in [6.07, 6.45) is 0.651. The molecule has 1 aromatic rings. The smallest absolute Gasteiger partial charge is 0.224 e. The molecule has 0 N–H and O–H groups in total. The predicted octanol–water partition coefficient (Wildman–Crippen LogP) is 2.69. The van der Waals surface area contributed by atoms with Crippen molar-refractivity contribution in [1.82, 2.24) is 9.80 Å². The van der Waals surface area contributed by atoms with Crippen molar-refractivity contribution in [2.75, 3.05) is 26.2 Å². The molecule has 1 fully saturated rings. The van der Waals surface area contributed by atoms with Crippen molar-refractivity contribution in [3.63, 3.8) is 0 Å². The monoisotopic (exact) mass is 274 g/mol. The van der Waals surface area contributed by atoms with Crippen LogP contribution in [0.15, 0.2) is 24.3 Å². The number of hydrogen-bond donors (Lipinski definition) is 0. The zero-order chi connectivity index (χ0) is 14.5. The van der Waals surface area contributed by atoms with Crippen molar-refractivity contribution in [2.45, 2.75) is 33.7 Å². The van der Waals surface area contributed by atoms with Gasteiger partial charge in [-0.1, -0.05) is 38.1 Å². The molecule has 20 heavy (non-hydrogen) atoms. The van der Waals surface area contributed by atoms with Crippen LogP contribution >= 0.6 is 0 Å². The average Bonchev–Trinajstić information content (AvgIpc) is 2.56. The SMILES string of the molecule is Cc1ccccc1CN1CCN(CC(C)C)CCC1=O. The summed E-state index contributed by atoms with van der Waals surface area (Å²) >= 11 is 0. The lowest BCUT2D eigenvalue weighted by molar-refractivity contribution is -0.130. The van der Waals surface area contributed by atoms with Crippen LogP contribution in [0.4, 0.5) is 0 Å². The Hall–Kier alpha value is -1.35. The highest BCUT2D eigenvalue weighted by Crippen LogP contribution is 2.14. The number of nitrogens with zero attached hydrogens (tertiary/aromatic N) is 2. The maximum absolute atomic E-state index is 12.3. The fourth-order valence-electron chi connectivity index (χ4n) is 2.77. The summed E-state index contributed by atoms with van der Waals surface area (Å²) in [6.45, 7) is 11.2. The Bertz CT molecular complexity index is 456. The van der Waals surface area contributed by atoms with E-state index in [-0.39, 0.29) is 0 Å². The van der Waals surface area contributed by atoms with E-state index in [9.17, 15) is 4.79 Å². The number of aryl methyl sites for hydroxylation is 1. The van der Waals surface area contributed by atoms with Crippen LogP contribution in [0.25, 0.3) is 0 Å². The van der Waals surface area contributed by atoms with Gasteiger partial charge in [-0.3, -0.25) is 4.79 Å². The van der Waals surface area contributed by atoms with Crippen molar-refractivity contribution < 1.29 is 4.79 Å². The van der Waals surface area contributed by atoms with Crippen LogP contribution in [0.2, 0.25) is 0 Å². The minimum absolute atomic E-state index is 0.291. The highest BCUT2D eigenvalue weighted by molar-refractivity contribution is 5.76. The predicted molar refractivity (Wildman–Crippen MR) is 82.5 cm³/mol. The van der Waals surface area contributed by atoms with Crippen molar-refractivity contribution >= 4 is 5.91 Å². The molecule has 0 atom stereocenters. The van der Waals surface area contributed by atoms with E-state index >= 15 is 0 Å². The third kappa shape index (κ3) is 4.07. The van der Waals surface area contributed by atoms with Gasteiger partial charge in [0.05, 0.1) is 0 Å². The van der Waals surface area contributed by atoms with Gasteiger partial charge in [0.25, 0.3) is 0 Å². The zero-order valence-electron chi connectivity index (χ0n) is 12.9. The Morgan fingerprint density at radius 3 is 2.60 bits per heavy atom. The fourth-order valence-corrected chi connectivity index (χ4v) is 2.77. The molecule has 1 heterocycles. The van der Waals surface area contributed by atoms with E-state index in [0.717, 1.165) is 32.7 Å². The van der Waals surface area contributed by atoms with Gasteiger partial charge < -0.3 is 9.80 Å². The van der Waals surface area contributed by atoms with Crippen LogP contribution < -0.4 is 0 Å². The van der Waals surface area contributed by atoms with Crippen LogP contribution in [0.3, 0.4) is 0 Å². The van der Waals surface area contributed by atoms with Gasteiger partial charge in [-0.2, -0.15) is 0 Å². The van der Waals surface area contributed by atoms with Crippen LogP contribution in [0, 0.1) is 12.8 Å². The largest absolute Gasteiger partial charge is 0.337 e. The highest BCUT2D eigenvalue weighted by Gasteiger charge is 2.21. The number of amides is 1. The van der Waals surface area contributed by atoms with Gasteiger partial charge in [-0.15, -0.1) is 0 Å². The van der Waals surface area contributed by atoms with Gasteiger partial charge in [0.15, 0.2) is 0 Å². The third-order valence-corrected chi connectivity index (χ3v) is 3.93. The van der Waals surface area contributed by atoms with E-state index in [1.807, 2.05) is 11.0 Å². The van der Waals surface area contributed by atoms with E-state index < -0.39 is 0 Å². The lowest BCUT2D eigenvalue weighted by atomic mass is 10.1. The van der Waals surface area contributed by atoms with Crippen LogP contribution in [-0.2, 0) is 11.3 Å². The molecular formula is C17H26N2O. The van der Waals surface area contributed by atoms with Gasteiger partial charge in [-0.25, -0.2) is 0 Å². The third-order valence-electron chi connectivity index (χ3n) is 3.93. The highest BCUT2D eigenvalue weighted by atomic mass is 16.2. The molecule has 0 radical (unpaired) electrons. The summed E-state index contributed by atoms with van der Waals surface area (Å²) in [5, 5.41) is 0. The first-order valence-electron chi connectivity index (χ1n) is 7.61. The summed E-state index contributed by atoms with van der Waals surface area (Å²) in [7, 11) is 0. The second-order valence-corrected chi connectivity index (χ2v) is 6.19. The van der Waals surface area contributed by atoms with Crippen LogP contribution in [0.1, 0.15) is 31.4 Å². The molecule has 0 unspecified atom stereocenters. The molecule has 1 aromatic carbocycles. The molecule has 0 aromatic heterocycles. The maximum Gasteiger partial charge on any atom is 0.224 e. The Labute approximate surface area is 122 Å². The van der Waals surface area contributed by atoms with Crippen molar-refractivity contribution in [1.29, 1.82) is 0 Å². The molecule has 2 rings (SSSR count). The molecule has 0 saturated carbocycles. The summed E-state index contributed by atoms with van der Waals surface area (Å²) in [6, 6.07) is 8.34. The maximum atomic E-state index is 12.3. The Morgan fingerprint density at radius 2 is 1.90 bits per heavy atom. The van der Waals surface area contributed by atoms with Crippen LogP contribution in [0.5, 0.6) is 0 Å². The molecule has 0 aliphatic carbocycles. The van der Waals surface area contributed by atoms with Crippen molar-refractivity contribution in [3.8, 4) is 0 Å². The second-order valence-electron chi connectivity index (χ2n) is 6.19.